The number of carbonyl (C=O) groups is 3. The standard InChI is InChI=1S/C14H13Cl2NO3/c1-8-4-13(19)17(14(20)5-8)7-12(18)10-6-9(15)2-3-11(10)16/h2-3,6,8H,4-5,7H2,1H3. The Morgan fingerprint density at radius 3 is 2.45 bits per heavy atom. The average molecular weight is 314 g/mol. The van der Waals surface area contributed by atoms with Crippen LogP contribution in [0.2, 0.25) is 10.0 Å². The summed E-state index contributed by atoms with van der Waals surface area (Å²) in [5, 5.41) is 0.632. The molecule has 1 aromatic rings. The van der Waals surface area contributed by atoms with Gasteiger partial charge in [-0.05, 0) is 24.1 Å². The number of piperidine rings is 1. The molecule has 4 nitrogen and oxygen atoms in total. The molecular weight excluding hydrogens is 301 g/mol. The monoisotopic (exact) mass is 313 g/mol. The predicted molar refractivity (Wildman–Crippen MR) is 75.9 cm³/mol. The minimum Gasteiger partial charge on any atom is -0.292 e. The highest BCUT2D eigenvalue weighted by Crippen LogP contribution is 2.23. The van der Waals surface area contributed by atoms with Crippen LogP contribution in [-0.2, 0) is 9.59 Å². The lowest BCUT2D eigenvalue weighted by atomic mass is 9.97. The van der Waals surface area contributed by atoms with Crippen molar-refractivity contribution in [3.63, 3.8) is 0 Å². The summed E-state index contributed by atoms with van der Waals surface area (Å²) < 4.78 is 0. The third-order valence-electron chi connectivity index (χ3n) is 3.18. The molecule has 106 valence electrons. The minimum atomic E-state index is -0.395. The van der Waals surface area contributed by atoms with Crippen molar-refractivity contribution < 1.29 is 14.4 Å². The van der Waals surface area contributed by atoms with Gasteiger partial charge in [-0.1, -0.05) is 30.1 Å². The van der Waals surface area contributed by atoms with Crippen molar-refractivity contribution in [3.8, 4) is 0 Å². The van der Waals surface area contributed by atoms with E-state index in [2.05, 4.69) is 0 Å². The molecule has 0 atom stereocenters. The molecular formula is C14H13Cl2NO3. The van der Waals surface area contributed by atoms with E-state index < -0.39 is 5.78 Å². The second kappa shape index (κ2) is 5.94. The molecule has 1 heterocycles. The fourth-order valence-electron chi connectivity index (χ4n) is 2.14. The zero-order chi connectivity index (χ0) is 14.9. The third-order valence-corrected chi connectivity index (χ3v) is 3.74. The Bertz CT molecular complexity index is 568. The van der Waals surface area contributed by atoms with Crippen molar-refractivity contribution in [2.75, 3.05) is 6.54 Å². The molecule has 0 aromatic heterocycles. The van der Waals surface area contributed by atoms with Gasteiger partial charge in [0.05, 0.1) is 11.6 Å². The predicted octanol–water partition coefficient (Wildman–Crippen LogP) is 2.96. The van der Waals surface area contributed by atoms with Crippen LogP contribution in [0.4, 0.5) is 0 Å². The third kappa shape index (κ3) is 3.19. The summed E-state index contributed by atoms with van der Waals surface area (Å²) in [4.78, 5) is 36.8. The Hall–Kier alpha value is -1.39. The molecule has 0 spiro atoms. The van der Waals surface area contributed by atoms with Crippen LogP contribution in [0.25, 0.3) is 0 Å². The maximum atomic E-state index is 12.2. The zero-order valence-corrected chi connectivity index (χ0v) is 12.4. The average Bonchev–Trinajstić information content (AvgIpc) is 2.36. The fourth-order valence-corrected chi connectivity index (χ4v) is 2.54. The van der Waals surface area contributed by atoms with E-state index >= 15 is 0 Å². The first-order valence-corrected chi connectivity index (χ1v) is 6.95. The van der Waals surface area contributed by atoms with Crippen LogP contribution in [0, 0.1) is 5.92 Å². The number of hydrogen-bond acceptors (Lipinski definition) is 3. The van der Waals surface area contributed by atoms with Crippen molar-refractivity contribution >= 4 is 40.8 Å². The maximum absolute atomic E-state index is 12.2. The van der Waals surface area contributed by atoms with Gasteiger partial charge in [-0.25, -0.2) is 0 Å². The quantitative estimate of drug-likeness (QED) is 0.637. The molecule has 0 aliphatic carbocycles. The lowest BCUT2D eigenvalue weighted by Crippen LogP contribution is -2.45. The Labute approximate surface area is 126 Å². The van der Waals surface area contributed by atoms with Crippen molar-refractivity contribution in [2.45, 2.75) is 19.8 Å². The number of hydrogen-bond donors (Lipinski definition) is 0. The van der Waals surface area contributed by atoms with Gasteiger partial charge in [0.1, 0.15) is 0 Å². The van der Waals surface area contributed by atoms with Crippen molar-refractivity contribution in [1.29, 1.82) is 0 Å². The van der Waals surface area contributed by atoms with Crippen LogP contribution in [0.15, 0.2) is 18.2 Å². The van der Waals surface area contributed by atoms with E-state index in [1.165, 1.54) is 12.1 Å². The Balaban J connectivity index is 2.17. The lowest BCUT2D eigenvalue weighted by Gasteiger charge is -2.27. The molecule has 0 saturated carbocycles. The van der Waals surface area contributed by atoms with Crippen molar-refractivity contribution in [1.82, 2.24) is 4.90 Å². The summed E-state index contributed by atoms with van der Waals surface area (Å²) in [7, 11) is 0. The van der Waals surface area contributed by atoms with E-state index in [-0.39, 0.29) is 47.7 Å². The lowest BCUT2D eigenvalue weighted by molar-refractivity contribution is -0.149. The second-order valence-electron chi connectivity index (χ2n) is 4.93. The second-order valence-corrected chi connectivity index (χ2v) is 5.78. The van der Waals surface area contributed by atoms with Gasteiger partial charge >= 0.3 is 0 Å². The summed E-state index contributed by atoms with van der Waals surface area (Å²) in [6.45, 7) is 1.55. The van der Waals surface area contributed by atoms with Gasteiger partial charge < -0.3 is 0 Å². The number of imide groups is 1. The maximum Gasteiger partial charge on any atom is 0.229 e. The largest absolute Gasteiger partial charge is 0.292 e. The molecule has 0 bridgehead atoms. The number of benzene rings is 1. The molecule has 0 unspecified atom stereocenters. The summed E-state index contributed by atoms with van der Waals surface area (Å²) in [6.07, 6.45) is 0.560. The van der Waals surface area contributed by atoms with Crippen LogP contribution in [0.5, 0.6) is 0 Å². The molecule has 2 amide bonds. The summed E-state index contributed by atoms with van der Waals surface area (Å²) >= 11 is 11.8. The first-order chi connectivity index (χ1) is 9.38. The number of carbonyl (C=O) groups excluding carboxylic acids is 3. The highest BCUT2D eigenvalue weighted by molar-refractivity contribution is 6.36. The first kappa shape index (κ1) is 15.0. The molecule has 0 N–H and O–H groups in total. The minimum absolute atomic E-state index is 0.0242. The van der Waals surface area contributed by atoms with Crippen molar-refractivity contribution in [2.24, 2.45) is 5.92 Å². The van der Waals surface area contributed by atoms with Gasteiger partial charge in [0.2, 0.25) is 11.8 Å². The summed E-state index contributed by atoms with van der Waals surface area (Å²) in [5.41, 5.74) is 0.221. The van der Waals surface area contributed by atoms with Crippen LogP contribution in [0.3, 0.4) is 0 Å². The molecule has 1 aromatic carbocycles. The number of ketones is 1. The Morgan fingerprint density at radius 1 is 1.25 bits per heavy atom. The van der Waals surface area contributed by atoms with Gasteiger partial charge in [0, 0.05) is 23.4 Å². The van der Waals surface area contributed by atoms with Crippen LogP contribution < -0.4 is 0 Å². The number of rotatable bonds is 3. The molecule has 1 aliphatic heterocycles. The summed E-state index contributed by atoms with van der Waals surface area (Å²) in [6, 6.07) is 4.52. The van der Waals surface area contributed by atoms with Gasteiger partial charge in [0.15, 0.2) is 5.78 Å². The molecule has 2 rings (SSSR count). The van der Waals surface area contributed by atoms with E-state index in [1.807, 2.05) is 6.92 Å². The molecule has 20 heavy (non-hydrogen) atoms. The molecule has 1 aliphatic rings. The molecule has 1 fully saturated rings. The van der Waals surface area contributed by atoms with Crippen LogP contribution in [-0.4, -0.2) is 29.0 Å². The molecule has 0 radical (unpaired) electrons. The highest BCUT2D eigenvalue weighted by atomic mass is 35.5. The molecule has 6 heteroatoms. The topological polar surface area (TPSA) is 54.5 Å². The van der Waals surface area contributed by atoms with Gasteiger partial charge in [0.25, 0.3) is 0 Å². The first-order valence-electron chi connectivity index (χ1n) is 6.20. The van der Waals surface area contributed by atoms with E-state index in [0.717, 1.165) is 4.90 Å². The Kier molecular flexibility index (Phi) is 4.45. The smallest absolute Gasteiger partial charge is 0.229 e. The normalized spacial score (nSPS) is 16.6. The van der Waals surface area contributed by atoms with E-state index in [4.69, 9.17) is 23.2 Å². The van der Waals surface area contributed by atoms with Gasteiger partial charge in [-0.2, -0.15) is 0 Å². The number of halogens is 2. The number of amides is 2. The van der Waals surface area contributed by atoms with Crippen molar-refractivity contribution in [3.05, 3.63) is 33.8 Å². The van der Waals surface area contributed by atoms with E-state index in [1.54, 1.807) is 6.07 Å². The van der Waals surface area contributed by atoms with E-state index in [9.17, 15) is 14.4 Å². The van der Waals surface area contributed by atoms with Gasteiger partial charge in [-0.3, -0.25) is 19.3 Å². The fraction of sp³-hybridized carbons (Fsp3) is 0.357. The highest BCUT2D eigenvalue weighted by Gasteiger charge is 2.32. The summed E-state index contributed by atoms with van der Waals surface area (Å²) in [5.74, 6) is -1.01. The number of nitrogens with zero attached hydrogens (tertiary/aromatic N) is 1. The number of Topliss-reactive ketones (excluding diaryl/α,β-unsaturated/α-hetero) is 1. The van der Waals surface area contributed by atoms with Gasteiger partial charge in [-0.15, -0.1) is 0 Å². The zero-order valence-electron chi connectivity index (χ0n) is 10.9. The van der Waals surface area contributed by atoms with E-state index in [0.29, 0.717) is 5.02 Å². The number of likely N-dealkylation sites (tertiary alicyclic amines) is 1. The van der Waals surface area contributed by atoms with Crippen LogP contribution >= 0.6 is 23.2 Å². The SMILES string of the molecule is CC1CC(=O)N(CC(=O)c2cc(Cl)ccc2Cl)C(=O)C1. The molecule has 1 saturated heterocycles. The van der Waals surface area contributed by atoms with Crippen LogP contribution in [0.1, 0.15) is 30.1 Å². The Morgan fingerprint density at radius 2 is 1.85 bits per heavy atom.